The second kappa shape index (κ2) is 3.50. The fourth-order valence-corrected chi connectivity index (χ4v) is 2.16. The van der Waals surface area contributed by atoms with E-state index in [-0.39, 0.29) is 0 Å². The van der Waals surface area contributed by atoms with Crippen molar-refractivity contribution in [2.75, 3.05) is 32.1 Å². The number of fused-ring (bicyclic) bond motifs is 1. The summed E-state index contributed by atoms with van der Waals surface area (Å²) >= 11 is 0. The van der Waals surface area contributed by atoms with Gasteiger partial charge in [-0.3, -0.25) is 0 Å². The summed E-state index contributed by atoms with van der Waals surface area (Å²) in [4.78, 5) is 2.23. The Morgan fingerprint density at radius 2 is 2.36 bits per heavy atom. The molecule has 1 unspecified atom stereocenters. The maximum atomic E-state index is 9.43. The van der Waals surface area contributed by atoms with Gasteiger partial charge in [-0.05, 0) is 30.8 Å². The molecule has 1 aromatic carbocycles. The maximum Gasteiger partial charge on any atom is 0.116 e. The first-order valence-electron chi connectivity index (χ1n) is 4.91. The molecule has 1 aliphatic heterocycles. The fourth-order valence-electron chi connectivity index (χ4n) is 2.16. The van der Waals surface area contributed by atoms with Crippen molar-refractivity contribution >= 4 is 5.69 Å². The van der Waals surface area contributed by atoms with Crippen molar-refractivity contribution in [2.45, 2.75) is 5.92 Å². The van der Waals surface area contributed by atoms with Gasteiger partial charge in [0.05, 0.1) is 0 Å². The van der Waals surface area contributed by atoms with Crippen LogP contribution in [-0.2, 0) is 0 Å². The number of aromatic hydroxyl groups is 1. The number of rotatable bonds is 2. The molecule has 0 saturated carbocycles. The zero-order valence-corrected chi connectivity index (χ0v) is 8.62. The number of anilines is 1. The average molecular weight is 192 g/mol. The van der Waals surface area contributed by atoms with E-state index in [0.29, 0.717) is 11.7 Å². The minimum Gasteiger partial charge on any atom is -0.508 e. The maximum absolute atomic E-state index is 9.43. The number of phenolic OH excluding ortho intramolecular Hbond substituents is 1. The van der Waals surface area contributed by atoms with Gasteiger partial charge < -0.3 is 15.3 Å². The second-order valence-corrected chi connectivity index (χ2v) is 3.88. The van der Waals surface area contributed by atoms with Crippen molar-refractivity contribution in [3.05, 3.63) is 23.8 Å². The summed E-state index contributed by atoms with van der Waals surface area (Å²) in [5.74, 6) is 0.854. The molecule has 0 bridgehead atoms. The van der Waals surface area contributed by atoms with Crippen LogP contribution in [0.25, 0.3) is 0 Å². The molecule has 1 atom stereocenters. The van der Waals surface area contributed by atoms with Gasteiger partial charge in [-0.1, -0.05) is 0 Å². The van der Waals surface area contributed by atoms with Crippen LogP contribution in [0.1, 0.15) is 11.5 Å². The highest BCUT2D eigenvalue weighted by Gasteiger charge is 2.25. The highest BCUT2D eigenvalue weighted by atomic mass is 16.3. The van der Waals surface area contributed by atoms with Crippen molar-refractivity contribution in [1.82, 2.24) is 5.32 Å². The van der Waals surface area contributed by atoms with Crippen LogP contribution in [0.3, 0.4) is 0 Å². The number of nitrogens with zero attached hydrogens (tertiary/aromatic N) is 1. The lowest BCUT2D eigenvalue weighted by Crippen LogP contribution is -2.22. The number of phenols is 1. The first-order chi connectivity index (χ1) is 6.72. The van der Waals surface area contributed by atoms with E-state index < -0.39 is 0 Å². The van der Waals surface area contributed by atoms with Crippen LogP contribution in [0.5, 0.6) is 5.75 Å². The van der Waals surface area contributed by atoms with Gasteiger partial charge in [0.1, 0.15) is 5.75 Å². The summed E-state index contributed by atoms with van der Waals surface area (Å²) in [5, 5.41) is 12.6. The summed E-state index contributed by atoms with van der Waals surface area (Å²) < 4.78 is 0. The number of likely N-dealkylation sites (N-methyl/N-ethyl adjacent to an activating group) is 2. The molecule has 0 spiro atoms. The fraction of sp³-hybridized carbons (Fsp3) is 0.455. The minimum atomic E-state index is 0.361. The average Bonchev–Trinajstić information content (AvgIpc) is 2.44. The van der Waals surface area contributed by atoms with Crippen LogP contribution in [-0.4, -0.2) is 32.3 Å². The minimum absolute atomic E-state index is 0.361. The molecule has 14 heavy (non-hydrogen) atoms. The Labute approximate surface area is 84.4 Å². The molecule has 0 saturated heterocycles. The second-order valence-electron chi connectivity index (χ2n) is 3.88. The lowest BCUT2D eigenvalue weighted by Gasteiger charge is -2.12. The van der Waals surface area contributed by atoms with Crippen molar-refractivity contribution in [3.63, 3.8) is 0 Å². The number of hydrogen-bond donors (Lipinski definition) is 2. The van der Waals surface area contributed by atoms with E-state index >= 15 is 0 Å². The van der Waals surface area contributed by atoms with Crippen LogP contribution < -0.4 is 10.2 Å². The van der Waals surface area contributed by atoms with Crippen LogP contribution in [0.15, 0.2) is 18.2 Å². The molecule has 0 fully saturated rings. The monoisotopic (exact) mass is 192 g/mol. The van der Waals surface area contributed by atoms with Crippen molar-refractivity contribution < 1.29 is 5.11 Å². The molecule has 1 heterocycles. The van der Waals surface area contributed by atoms with Crippen molar-refractivity contribution in [1.29, 1.82) is 0 Å². The van der Waals surface area contributed by atoms with E-state index in [9.17, 15) is 5.11 Å². The Morgan fingerprint density at radius 1 is 1.57 bits per heavy atom. The Morgan fingerprint density at radius 3 is 3.07 bits per heavy atom. The zero-order chi connectivity index (χ0) is 10.1. The Bertz CT molecular complexity index is 338. The van der Waals surface area contributed by atoms with E-state index in [1.807, 2.05) is 19.2 Å². The number of benzene rings is 1. The predicted molar refractivity (Wildman–Crippen MR) is 58.0 cm³/mol. The Kier molecular flexibility index (Phi) is 2.33. The van der Waals surface area contributed by atoms with Crippen molar-refractivity contribution in [3.8, 4) is 5.75 Å². The first-order valence-corrected chi connectivity index (χ1v) is 4.91. The smallest absolute Gasteiger partial charge is 0.116 e. The largest absolute Gasteiger partial charge is 0.508 e. The van der Waals surface area contributed by atoms with Gasteiger partial charge in [0.2, 0.25) is 0 Å². The molecule has 2 N–H and O–H groups in total. The summed E-state index contributed by atoms with van der Waals surface area (Å²) in [6.07, 6.45) is 0. The van der Waals surface area contributed by atoms with Crippen molar-refractivity contribution in [2.24, 2.45) is 0 Å². The third kappa shape index (κ3) is 1.44. The molecule has 1 aromatic rings. The number of hydrogen-bond acceptors (Lipinski definition) is 3. The standard InChI is InChI=1S/C11H16N2O/c1-12-6-8-7-13(2)11-4-3-9(14)5-10(8)11/h3-5,8,12,14H,6-7H2,1-2H3. The van der Waals surface area contributed by atoms with Crippen LogP contribution >= 0.6 is 0 Å². The summed E-state index contributed by atoms with van der Waals surface area (Å²) in [7, 11) is 4.05. The summed E-state index contributed by atoms with van der Waals surface area (Å²) in [6.45, 7) is 1.99. The molecule has 0 aliphatic carbocycles. The number of nitrogens with one attached hydrogen (secondary N) is 1. The van der Waals surface area contributed by atoms with Gasteiger partial charge in [-0.15, -0.1) is 0 Å². The molecule has 3 nitrogen and oxygen atoms in total. The van der Waals surface area contributed by atoms with E-state index in [0.717, 1.165) is 13.1 Å². The highest BCUT2D eigenvalue weighted by molar-refractivity contribution is 5.61. The molecule has 76 valence electrons. The quantitative estimate of drug-likeness (QED) is 0.737. The van der Waals surface area contributed by atoms with Gasteiger partial charge in [0.25, 0.3) is 0 Å². The van der Waals surface area contributed by atoms with Crippen LogP contribution in [0.2, 0.25) is 0 Å². The predicted octanol–water partition coefficient (Wildman–Crippen LogP) is 1.14. The van der Waals surface area contributed by atoms with E-state index in [4.69, 9.17) is 0 Å². The van der Waals surface area contributed by atoms with Crippen LogP contribution in [0, 0.1) is 0 Å². The van der Waals surface area contributed by atoms with Gasteiger partial charge >= 0.3 is 0 Å². The molecule has 0 amide bonds. The zero-order valence-electron chi connectivity index (χ0n) is 8.62. The lowest BCUT2D eigenvalue weighted by atomic mass is 10.0. The first kappa shape index (κ1) is 9.34. The van der Waals surface area contributed by atoms with Crippen LogP contribution in [0.4, 0.5) is 5.69 Å². The molecule has 1 aliphatic rings. The molecular formula is C11H16N2O. The highest BCUT2D eigenvalue weighted by Crippen LogP contribution is 2.36. The molecule has 0 aromatic heterocycles. The van der Waals surface area contributed by atoms with Gasteiger partial charge in [-0.25, -0.2) is 0 Å². The molecule has 0 radical (unpaired) electrons. The van der Waals surface area contributed by atoms with E-state index in [1.54, 1.807) is 6.07 Å². The SMILES string of the molecule is CNCC1CN(C)c2ccc(O)cc21. The van der Waals surface area contributed by atoms with Gasteiger partial charge in [-0.2, -0.15) is 0 Å². The Balaban J connectivity index is 2.35. The molecule has 2 rings (SSSR count). The lowest BCUT2D eigenvalue weighted by molar-refractivity contribution is 0.474. The third-order valence-corrected chi connectivity index (χ3v) is 2.81. The topological polar surface area (TPSA) is 35.5 Å². The van der Waals surface area contributed by atoms with E-state index in [1.165, 1.54) is 11.3 Å². The van der Waals surface area contributed by atoms with E-state index in [2.05, 4.69) is 17.3 Å². The molecule has 3 heteroatoms. The summed E-state index contributed by atoms with van der Waals surface area (Å²) in [5.41, 5.74) is 2.49. The van der Waals surface area contributed by atoms with Gasteiger partial charge in [0, 0.05) is 31.7 Å². The third-order valence-electron chi connectivity index (χ3n) is 2.81. The molecular weight excluding hydrogens is 176 g/mol. The Hall–Kier alpha value is -1.22. The van der Waals surface area contributed by atoms with Gasteiger partial charge in [0.15, 0.2) is 0 Å². The summed E-state index contributed by atoms with van der Waals surface area (Å²) in [6, 6.07) is 5.61. The normalized spacial score (nSPS) is 19.9.